The molecule has 0 aromatic heterocycles. The number of aliphatic hydroxyl groups excluding tert-OH is 1. The molecular formula is C6H10O4. The van der Waals surface area contributed by atoms with Crippen LogP contribution in [0.3, 0.4) is 0 Å². The van der Waals surface area contributed by atoms with E-state index in [0.717, 1.165) is 6.92 Å². The van der Waals surface area contributed by atoms with Crippen LogP contribution in [0.15, 0.2) is 0 Å². The summed E-state index contributed by atoms with van der Waals surface area (Å²) in [5.41, 5.74) is 0. The van der Waals surface area contributed by atoms with E-state index in [4.69, 9.17) is 5.11 Å². The number of carbonyl (C=O) groups excluding carboxylic acids is 2. The minimum Gasteiger partial charge on any atom is -0.396 e. The molecule has 0 fully saturated rings. The Morgan fingerprint density at radius 3 is 2.50 bits per heavy atom. The second-order valence-corrected chi connectivity index (χ2v) is 1.79. The molecule has 4 heteroatoms. The van der Waals surface area contributed by atoms with Crippen molar-refractivity contribution in [2.24, 2.45) is 0 Å². The smallest absolute Gasteiger partial charge is 0.313 e. The molecule has 58 valence electrons. The van der Waals surface area contributed by atoms with Gasteiger partial charge in [0.1, 0.15) is 0 Å². The van der Waals surface area contributed by atoms with E-state index < -0.39 is 11.9 Å². The van der Waals surface area contributed by atoms with E-state index in [1.165, 1.54) is 0 Å². The van der Waals surface area contributed by atoms with Gasteiger partial charge < -0.3 is 9.84 Å². The molecule has 0 radical (unpaired) electrons. The van der Waals surface area contributed by atoms with Crippen LogP contribution < -0.4 is 0 Å². The third kappa shape index (κ3) is 5.24. The first kappa shape index (κ1) is 9.10. The Bertz CT molecular complexity index is 130. The molecule has 0 aliphatic carbocycles. The number of aliphatic hydroxyl groups is 1. The van der Waals surface area contributed by atoms with E-state index in [1.807, 2.05) is 0 Å². The standard InChI is InChI=1S/C6H10O4/c1-5(8)10-6(9)3-2-4-7/h7H,2-4H2,1H3. The zero-order valence-corrected chi connectivity index (χ0v) is 5.79. The minimum atomic E-state index is -0.608. The predicted octanol–water partition coefficient (Wildman–Crippen LogP) is -0.151. The van der Waals surface area contributed by atoms with Crippen LogP contribution >= 0.6 is 0 Å². The van der Waals surface area contributed by atoms with Crippen molar-refractivity contribution in [1.29, 1.82) is 0 Å². The maximum absolute atomic E-state index is 10.5. The Hall–Kier alpha value is -0.900. The highest BCUT2D eigenvalue weighted by Crippen LogP contribution is 1.91. The zero-order valence-electron chi connectivity index (χ0n) is 5.79. The molecule has 0 aliphatic heterocycles. The summed E-state index contributed by atoms with van der Waals surface area (Å²) in [5, 5.41) is 8.26. The SMILES string of the molecule is CC(=O)OC(=O)CCCO. The van der Waals surface area contributed by atoms with Crippen molar-refractivity contribution >= 4 is 11.9 Å². The lowest BCUT2D eigenvalue weighted by Crippen LogP contribution is -2.08. The van der Waals surface area contributed by atoms with Crippen LogP contribution in [0.2, 0.25) is 0 Å². The van der Waals surface area contributed by atoms with Gasteiger partial charge in [-0.25, -0.2) is 0 Å². The fourth-order valence-corrected chi connectivity index (χ4v) is 0.435. The van der Waals surface area contributed by atoms with Gasteiger partial charge in [0, 0.05) is 20.0 Å². The summed E-state index contributed by atoms with van der Waals surface area (Å²) in [6.45, 7) is 1.10. The molecular weight excluding hydrogens is 136 g/mol. The predicted molar refractivity (Wildman–Crippen MR) is 33.1 cm³/mol. The third-order valence-corrected chi connectivity index (χ3v) is 0.797. The van der Waals surface area contributed by atoms with Crippen LogP contribution in [-0.2, 0) is 14.3 Å². The third-order valence-electron chi connectivity index (χ3n) is 0.797. The number of hydrogen-bond acceptors (Lipinski definition) is 4. The van der Waals surface area contributed by atoms with Gasteiger partial charge in [-0.2, -0.15) is 0 Å². The molecule has 0 spiro atoms. The Balaban J connectivity index is 3.35. The summed E-state index contributed by atoms with van der Waals surface area (Å²) < 4.78 is 4.16. The van der Waals surface area contributed by atoms with E-state index in [1.54, 1.807) is 0 Å². The first-order valence-corrected chi connectivity index (χ1v) is 2.99. The lowest BCUT2D eigenvalue weighted by Gasteiger charge is -1.96. The van der Waals surface area contributed by atoms with Gasteiger partial charge in [0.25, 0.3) is 0 Å². The van der Waals surface area contributed by atoms with Crippen molar-refractivity contribution in [2.75, 3.05) is 6.61 Å². The molecule has 0 bridgehead atoms. The van der Waals surface area contributed by atoms with Crippen molar-refractivity contribution in [3.63, 3.8) is 0 Å². The first-order valence-electron chi connectivity index (χ1n) is 2.99. The lowest BCUT2D eigenvalue weighted by atomic mass is 10.3. The molecule has 0 saturated carbocycles. The van der Waals surface area contributed by atoms with E-state index in [-0.39, 0.29) is 13.0 Å². The second-order valence-electron chi connectivity index (χ2n) is 1.79. The van der Waals surface area contributed by atoms with Gasteiger partial charge in [0.05, 0.1) is 0 Å². The number of ether oxygens (including phenoxy) is 1. The second kappa shape index (κ2) is 4.93. The maximum Gasteiger partial charge on any atom is 0.313 e. The molecule has 0 unspecified atom stereocenters. The zero-order chi connectivity index (χ0) is 7.98. The number of rotatable bonds is 3. The highest BCUT2D eigenvalue weighted by molar-refractivity contribution is 5.83. The molecule has 0 aromatic rings. The molecule has 0 aliphatic rings. The molecule has 0 saturated heterocycles. The summed E-state index contributed by atoms with van der Waals surface area (Å²) in [7, 11) is 0. The average molecular weight is 146 g/mol. The minimum absolute atomic E-state index is 0.0625. The molecule has 1 N–H and O–H groups in total. The summed E-state index contributed by atoms with van der Waals surface area (Å²) >= 11 is 0. The largest absolute Gasteiger partial charge is 0.396 e. The van der Waals surface area contributed by atoms with Gasteiger partial charge in [-0.15, -0.1) is 0 Å². The molecule has 10 heavy (non-hydrogen) atoms. The van der Waals surface area contributed by atoms with Crippen molar-refractivity contribution in [2.45, 2.75) is 19.8 Å². The van der Waals surface area contributed by atoms with Gasteiger partial charge in [-0.3, -0.25) is 9.59 Å². The highest BCUT2D eigenvalue weighted by Gasteiger charge is 2.03. The van der Waals surface area contributed by atoms with Gasteiger partial charge in [0.2, 0.25) is 0 Å². The summed E-state index contributed by atoms with van der Waals surface area (Å²) in [6, 6.07) is 0. The van der Waals surface area contributed by atoms with E-state index in [0.29, 0.717) is 6.42 Å². The van der Waals surface area contributed by atoms with Gasteiger partial charge in [-0.1, -0.05) is 0 Å². The number of hydrogen-bond donors (Lipinski definition) is 1. The van der Waals surface area contributed by atoms with Crippen LogP contribution in [0, 0.1) is 0 Å². The average Bonchev–Trinajstić information content (AvgIpc) is 1.82. The summed E-state index contributed by atoms with van der Waals surface area (Å²) in [4.78, 5) is 20.6. The topological polar surface area (TPSA) is 63.6 Å². The van der Waals surface area contributed by atoms with Crippen LogP contribution in [0.1, 0.15) is 19.8 Å². The molecule has 4 nitrogen and oxygen atoms in total. The number of esters is 2. The molecule has 0 rings (SSSR count). The molecule has 0 heterocycles. The van der Waals surface area contributed by atoms with Crippen molar-refractivity contribution in [1.82, 2.24) is 0 Å². The fourth-order valence-electron chi connectivity index (χ4n) is 0.435. The van der Waals surface area contributed by atoms with Crippen LogP contribution in [0.25, 0.3) is 0 Å². The molecule has 0 amide bonds. The van der Waals surface area contributed by atoms with E-state index in [2.05, 4.69) is 4.74 Å². The highest BCUT2D eigenvalue weighted by atomic mass is 16.6. The maximum atomic E-state index is 10.5. The quantitative estimate of drug-likeness (QED) is 0.444. The Labute approximate surface area is 58.8 Å². The van der Waals surface area contributed by atoms with E-state index >= 15 is 0 Å². The molecule has 0 atom stereocenters. The number of carbonyl (C=O) groups is 2. The Morgan fingerprint density at radius 1 is 1.50 bits per heavy atom. The van der Waals surface area contributed by atoms with Crippen molar-refractivity contribution < 1.29 is 19.4 Å². The fraction of sp³-hybridized carbons (Fsp3) is 0.667. The van der Waals surface area contributed by atoms with E-state index in [9.17, 15) is 9.59 Å². The van der Waals surface area contributed by atoms with Gasteiger partial charge >= 0.3 is 11.9 Å². The van der Waals surface area contributed by atoms with Crippen LogP contribution in [0.4, 0.5) is 0 Å². The Morgan fingerprint density at radius 2 is 2.10 bits per heavy atom. The van der Waals surface area contributed by atoms with Crippen molar-refractivity contribution in [3.8, 4) is 0 Å². The molecule has 0 aromatic carbocycles. The first-order chi connectivity index (χ1) is 4.66. The van der Waals surface area contributed by atoms with Crippen LogP contribution in [-0.4, -0.2) is 23.7 Å². The normalized spacial score (nSPS) is 9.00. The lowest BCUT2D eigenvalue weighted by molar-refractivity contribution is -0.158. The van der Waals surface area contributed by atoms with Crippen molar-refractivity contribution in [3.05, 3.63) is 0 Å². The van der Waals surface area contributed by atoms with Gasteiger partial charge in [0.15, 0.2) is 0 Å². The van der Waals surface area contributed by atoms with Crippen LogP contribution in [0.5, 0.6) is 0 Å². The monoisotopic (exact) mass is 146 g/mol. The Kier molecular flexibility index (Phi) is 4.49. The summed E-state index contributed by atoms with van der Waals surface area (Å²) in [5.74, 6) is -1.19. The summed E-state index contributed by atoms with van der Waals surface area (Å²) in [6.07, 6.45) is 0.433. The van der Waals surface area contributed by atoms with Gasteiger partial charge in [-0.05, 0) is 6.42 Å².